The molecule has 0 aliphatic carbocycles. The van der Waals surface area contributed by atoms with E-state index in [0.29, 0.717) is 19.3 Å². The largest absolute Gasteiger partial charge is 0.462 e. The van der Waals surface area contributed by atoms with Crippen LogP contribution in [-0.2, 0) is 28.6 Å². The molecule has 0 spiro atoms. The van der Waals surface area contributed by atoms with Crippen molar-refractivity contribution in [3.05, 3.63) is 72.9 Å². The molecule has 392 valence electrons. The van der Waals surface area contributed by atoms with Crippen LogP contribution in [0.1, 0.15) is 284 Å². The van der Waals surface area contributed by atoms with Gasteiger partial charge >= 0.3 is 17.9 Å². The second kappa shape index (κ2) is 56.4. The molecule has 0 amide bonds. The Kier molecular flexibility index (Phi) is 53.8. The first-order chi connectivity index (χ1) is 33.5. The van der Waals surface area contributed by atoms with E-state index >= 15 is 0 Å². The van der Waals surface area contributed by atoms with Crippen molar-refractivity contribution in [2.45, 2.75) is 290 Å². The highest BCUT2D eigenvalue weighted by Crippen LogP contribution is 2.16. The molecule has 0 aromatic carbocycles. The molecule has 0 aliphatic heterocycles. The average molecular weight is 950 g/mol. The summed E-state index contributed by atoms with van der Waals surface area (Å²) in [5.41, 5.74) is 0. The zero-order chi connectivity index (χ0) is 49.3. The molecule has 0 bridgehead atoms. The number of carbonyl (C=O) groups is 3. The van der Waals surface area contributed by atoms with E-state index in [-0.39, 0.29) is 31.1 Å². The Balaban J connectivity index is 4.41. The highest BCUT2D eigenvalue weighted by atomic mass is 16.6. The smallest absolute Gasteiger partial charge is 0.306 e. The lowest BCUT2D eigenvalue weighted by atomic mass is 10.0. The molecule has 6 nitrogen and oxygen atoms in total. The lowest BCUT2D eigenvalue weighted by molar-refractivity contribution is -0.167. The molecular formula is C62H108O6. The summed E-state index contributed by atoms with van der Waals surface area (Å²) in [4.78, 5) is 38.2. The second-order valence-corrected chi connectivity index (χ2v) is 19.2. The average Bonchev–Trinajstić information content (AvgIpc) is 3.34. The molecule has 0 heterocycles. The Morgan fingerprint density at radius 2 is 0.574 bits per heavy atom. The van der Waals surface area contributed by atoms with Crippen LogP contribution in [0, 0.1) is 0 Å². The minimum absolute atomic E-state index is 0.0853. The first-order valence-corrected chi connectivity index (χ1v) is 28.9. The highest BCUT2D eigenvalue weighted by molar-refractivity contribution is 5.71. The lowest BCUT2D eigenvalue weighted by Gasteiger charge is -2.18. The predicted molar refractivity (Wildman–Crippen MR) is 293 cm³/mol. The predicted octanol–water partition coefficient (Wildman–Crippen LogP) is 19.4. The van der Waals surface area contributed by atoms with Crippen molar-refractivity contribution in [3.8, 4) is 0 Å². The number of hydrogen-bond donors (Lipinski definition) is 0. The third-order valence-electron chi connectivity index (χ3n) is 12.4. The van der Waals surface area contributed by atoms with Crippen LogP contribution in [0.25, 0.3) is 0 Å². The van der Waals surface area contributed by atoms with Gasteiger partial charge in [0.25, 0.3) is 0 Å². The third kappa shape index (κ3) is 53.8. The minimum Gasteiger partial charge on any atom is -0.462 e. The SMILES string of the molecule is CC/C=C\C/C=C\C/C=C\C/C=C\CCCCCCCCC(=O)OCC(COC(=O)CCCCCCC/C=C\C/C=C\CCCCC)OC(=O)CCCCCCCCCCCCCCCCCC. The van der Waals surface area contributed by atoms with E-state index in [9.17, 15) is 14.4 Å². The fourth-order valence-corrected chi connectivity index (χ4v) is 8.11. The first kappa shape index (κ1) is 64.8. The van der Waals surface area contributed by atoms with Crippen molar-refractivity contribution in [2.75, 3.05) is 13.2 Å². The van der Waals surface area contributed by atoms with Crippen LogP contribution in [0.2, 0.25) is 0 Å². The van der Waals surface area contributed by atoms with E-state index < -0.39 is 6.10 Å². The van der Waals surface area contributed by atoms with Gasteiger partial charge in [0, 0.05) is 19.3 Å². The topological polar surface area (TPSA) is 78.9 Å². The van der Waals surface area contributed by atoms with E-state index in [2.05, 4.69) is 93.7 Å². The Labute approximate surface area is 421 Å². The third-order valence-corrected chi connectivity index (χ3v) is 12.4. The van der Waals surface area contributed by atoms with Gasteiger partial charge in [-0.1, -0.05) is 248 Å². The summed E-state index contributed by atoms with van der Waals surface area (Å²) in [6.07, 6.45) is 71.7. The van der Waals surface area contributed by atoms with E-state index in [0.717, 1.165) is 109 Å². The zero-order valence-corrected chi connectivity index (χ0v) is 44.9. The molecule has 68 heavy (non-hydrogen) atoms. The Morgan fingerprint density at radius 1 is 0.309 bits per heavy atom. The maximum absolute atomic E-state index is 12.9. The summed E-state index contributed by atoms with van der Waals surface area (Å²) in [7, 11) is 0. The zero-order valence-electron chi connectivity index (χ0n) is 44.9. The molecule has 0 N–H and O–H groups in total. The fourth-order valence-electron chi connectivity index (χ4n) is 8.11. The van der Waals surface area contributed by atoms with Gasteiger partial charge < -0.3 is 14.2 Å². The monoisotopic (exact) mass is 949 g/mol. The molecule has 0 rings (SSSR count). The van der Waals surface area contributed by atoms with Gasteiger partial charge in [0.05, 0.1) is 0 Å². The van der Waals surface area contributed by atoms with Crippen LogP contribution < -0.4 is 0 Å². The van der Waals surface area contributed by atoms with Gasteiger partial charge in [-0.25, -0.2) is 0 Å². The van der Waals surface area contributed by atoms with Gasteiger partial charge in [-0.3, -0.25) is 14.4 Å². The molecular weight excluding hydrogens is 841 g/mol. The van der Waals surface area contributed by atoms with Gasteiger partial charge in [0.2, 0.25) is 0 Å². The van der Waals surface area contributed by atoms with Crippen LogP contribution in [0.5, 0.6) is 0 Å². The van der Waals surface area contributed by atoms with Crippen molar-refractivity contribution in [1.29, 1.82) is 0 Å². The summed E-state index contributed by atoms with van der Waals surface area (Å²) in [6.45, 7) is 6.50. The van der Waals surface area contributed by atoms with Crippen molar-refractivity contribution in [1.82, 2.24) is 0 Å². The number of esters is 3. The maximum Gasteiger partial charge on any atom is 0.306 e. The van der Waals surface area contributed by atoms with Crippen LogP contribution in [0.4, 0.5) is 0 Å². The van der Waals surface area contributed by atoms with Crippen LogP contribution >= 0.6 is 0 Å². The number of unbranched alkanes of at least 4 members (excludes halogenated alkanes) is 29. The lowest BCUT2D eigenvalue weighted by Crippen LogP contribution is -2.30. The molecule has 1 unspecified atom stereocenters. The molecule has 0 saturated heterocycles. The Morgan fingerprint density at radius 3 is 0.926 bits per heavy atom. The van der Waals surface area contributed by atoms with Crippen molar-refractivity contribution in [3.63, 3.8) is 0 Å². The number of rotatable bonds is 52. The van der Waals surface area contributed by atoms with Gasteiger partial charge in [-0.2, -0.15) is 0 Å². The van der Waals surface area contributed by atoms with Gasteiger partial charge in [-0.05, 0) is 89.9 Å². The van der Waals surface area contributed by atoms with E-state index in [1.807, 2.05) is 0 Å². The van der Waals surface area contributed by atoms with Crippen molar-refractivity contribution >= 4 is 17.9 Å². The standard InChI is InChI=1S/C62H108O6/c1-4-7-10-13-16-19-22-25-28-30-31-32-35-37-40-43-46-49-52-55-61(64)67-58-59(57-66-60(63)54-51-48-45-42-39-36-33-27-24-21-18-15-12-9-6-3)68-62(65)56-53-50-47-44-41-38-34-29-26-23-20-17-14-11-8-5-2/h7,10,16,18-19,21,25,27-28,31-33,59H,4-6,8-9,11-15,17,20,22-24,26,29-30,34-58H2,1-3H3/b10-7-,19-16-,21-18-,28-25-,32-31-,33-27-. The summed E-state index contributed by atoms with van der Waals surface area (Å²) >= 11 is 0. The number of hydrogen-bond acceptors (Lipinski definition) is 6. The molecule has 6 heteroatoms. The Bertz CT molecular complexity index is 1270. The van der Waals surface area contributed by atoms with E-state index in [4.69, 9.17) is 14.2 Å². The number of allylic oxidation sites excluding steroid dienone is 12. The van der Waals surface area contributed by atoms with Crippen LogP contribution in [-0.4, -0.2) is 37.2 Å². The Hall–Kier alpha value is -3.15. The quantitative estimate of drug-likeness (QED) is 0.0262. The minimum atomic E-state index is -0.786. The molecule has 0 radical (unpaired) electrons. The van der Waals surface area contributed by atoms with Crippen LogP contribution in [0.3, 0.4) is 0 Å². The number of ether oxygens (including phenoxy) is 3. The fraction of sp³-hybridized carbons (Fsp3) is 0.758. The highest BCUT2D eigenvalue weighted by Gasteiger charge is 2.19. The summed E-state index contributed by atoms with van der Waals surface area (Å²) in [5.74, 6) is -0.901. The van der Waals surface area contributed by atoms with Crippen molar-refractivity contribution < 1.29 is 28.6 Å². The second-order valence-electron chi connectivity index (χ2n) is 19.2. The maximum atomic E-state index is 12.9. The van der Waals surface area contributed by atoms with E-state index in [1.165, 1.54) is 135 Å². The molecule has 0 aromatic rings. The molecule has 0 aromatic heterocycles. The summed E-state index contributed by atoms with van der Waals surface area (Å²) < 4.78 is 16.9. The molecule has 0 aliphatic rings. The van der Waals surface area contributed by atoms with Crippen molar-refractivity contribution in [2.24, 2.45) is 0 Å². The summed E-state index contributed by atoms with van der Waals surface area (Å²) in [6, 6.07) is 0. The van der Waals surface area contributed by atoms with Gasteiger partial charge in [0.1, 0.15) is 13.2 Å². The van der Waals surface area contributed by atoms with Crippen LogP contribution in [0.15, 0.2) is 72.9 Å². The normalized spacial score (nSPS) is 12.6. The van der Waals surface area contributed by atoms with E-state index in [1.54, 1.807) is 0 Å². The van der Waals surface area contributed by atoms with Gasteiger partial charge in [-0.15, -0.1) is 0 Å². The van der Waals surface area contributed by atoms with Gasteiger partial charge in [0.15, 0.2) is 6.10 Å². The molecule has 0 fully saturated rings. The molecule has 0 saturated carbocycles. The number of carbonyl (C=O) groups excluding carboxylic acids is 3. The first-order valence-electron chi connectivity index (χ1n) is 28.9. The summed E-state index contributed by atoms with van der Waals surface area (Å²) in [5, 5.41) is 0. The molecule has 1 atom stereocenters.